The van der Waals surface area contributed by atoms with Crippen LogP contribution in [0.4, 0.5) is 26.3 Å². The number of halogens is 7. The molecular formula is C17H19F6IN4OS. The van der Waals surface area contributed by atoms with E-state index in [0.717, 1.165) is 16.7 Å². The van der Waals surface area contributed by atoms with Gasteiger partial charge in [0.2, 0.25) is 0 Å². The Bertz CT molecular complexity index is 825. The highest BCUT2D eigenvalue weighted by Crippen LogP contribution is 2.30. The van der Waals surface area contributed by atoms with Crippen molar-refractivity contribution < 1.29 is 31.1 Å². The summed E-state index contributed by atoms with van der Waals surface area (Å²) in [7, 11) is 1.52. The lowest BCUT2D eigenvalue weighted by Crippen LogP contribution is -2.37. The molecule has 0 aliphatic rings. The fraction of sp³-hybridized carbons (Fsp3) is 0.412. The van der Waals surface area contributed by atoms with Gasteiger partial charge >= 0.3 is 12.4 Å². The third kappa shape index (κ3) is 9.36. The summed E-state index contributed by atoms with van der Waals surface area (Å²) in [6.07, 6.45) is -8.60. The van der Waals surface area contributed by atoms with Gasteiger partial charge < -0.3 is 15.4 Å². The molecule has 1 aromatic carbocycles. The molecule has 0 saturated carbocycles. The predicted octanol–water partition coefficient (Wildman–Crippen LogP) is 4.63. The zero-order valence-electron chi connectivity index (χ0n) is 15.6. The van der Waals surface area contributed by atoms with Crippen LogP contribution in [0, 0.1) is 0 Å². The molecule has 0 spiro atoms. The number of hydrogen-bond acceptors (Lipinski definition) is 4. The Balaban J connectivity index is 0.00000450. The van der Waals surface area contributed by atoms with Crippen molar-refractivity contribution in [1.29, 1.82) is 0 Å². The Morgan fingerprint density at radius 2 is 1.90 bits per heavy atom. The van der Waals surface area contributed by atoms with Gasteiger partial charge in [0.1, 0.15) is 5.75 Å². The Morgan fingerprint density at radius 3 is 2.50 bits per heavy atom. The maximum atomic E-state index is 12.5. The summed E-state index contributed by atoms with van der Waals surface area (Å²) in [6.45, 7) is -0.808. The number of aromatic nitrogens is 1. The highest BCUT2D eigenvalue weighted by atomic mass is 127. The van der Waals surface area contributed by atoms with Crippen molar-refractivity contribution in [2.75, 3.05) is 20.2 Å². The Morgan fingerprint density at radius 1 is 1.17 bits per heavy atom. The van der Waals surface area contributed by atoms with Gasteiger partial charge in [-0.3, -0.25) is 4.99 Å². The summed E-state index contributed by atoms with van der Waals surface area (Å²) < 4.78 is 79.0. The van der Waals surface area contributed by atoms with Crippen molar-refractivity contribution in [3.63, 3.8) is 0 Å². The summed E-state index contributed by atoms with van der Waals surface area (Å²) in [5.74, 6) is 0.480. The van der Waals surface area contributed by atoms with Crippen LogP contribution < -0.4 is 15.4 Å². The molecule has 13 heteroatoms. The summed E-state index contributed by atoms with van der Waals surface area (Å²) >= 11 is 0.928. The molecule has 0 aliphatic carbocycles. The second-order valence-corrected chi connectivity index (χ2v) is 6.72. The molecule has 0 amide bonds. The normalized spacial score (nSPS) is 12.3. The number of ether oxygens (including phenoxy) is 1. The summed E-state index contributed by atoms with van der Waals surface area (Å²) in [5, 5.41) is 7.22. The molecule has 0 saturated heterocycles. The van der Waals surface area contributed by atoms with Gasteiger partial charge in [0.05, 0.1) is 5.01 Å². The van der Waals surface area contributed by atoms with Crippen LogP contribution in [-0.2, 0) is 19.1 Å². The Kier molecular flexibility index (Phi) is 10.1. The summed E-state index contributed by atoms with van der Waals surface area (Å²) in [5.41, 5.74) is -0.241. The number of nitrogens with one attached hydrogen (secondary N) is 2. The van der Waals surface area contributed by atoms with E-state index in [1.807, 2.05) is 0 Å². The average molecular weight is 568 g/mol. The number of nitrogens with zero attached hydrogens (tertiary/aromatic N) is 2. The van der Waals surface area contributed by atoms with E-state index >= 15 is 0 Å². The van der Waals surface area contributed by atoms with Crippen LogP contribution in [-0.4, -0.2) is 37.3 Å². The van der Waals surface area contributed by atoms with Crippen LogP contribution in [0.1, 0.15) is 16.3 Å². The van der Waals surface area contributed by atoms with Crippen molar-refractivity contribution in [3.05, 3.63) is 45.9 Å². The van der Waals surface area contributed by atoms with E-state index in [-0.39, 0.29) is 42.7 Å². The van der Waals surface area contributed by atoms with E-state index in [9.17, 15) is 26.3 Å². The molecule has 1 heterocycles. The molecule has 0 fully saturated rings. The lowest BCUT2D eigenvalue weighted by molar-refractivity contribution is -0.153. The minimum Gasteiger partial charge on any atom is -0.484 e. The monoisotopic (exact) mass is 568 g/mol. The molecule has 30 heavy (non-hydrogen) atoms. The molecule has 0 atom stereocenters. The first-order valence-corrected chi connectivity index (χ1v) is 9.19. The zero-order valence-corrected chi connectivity index (χ0v) is 18.7. The van der Waals surface area contributed by atoms with Gasteiger partial charge in [0.15, 0.2) is 18.3 Å². The van der Waals surface area contributed by atoms with Gasteiger partial charge in [-0.05, 0) is 17.7 Å². The van der Waals surface area contributed by atoms with Gasteiger partial charge in [0, 0.05) is 31.9 Å². The van der Waals surface area contributed by atoms with Crippen molar-refractivity contribution in [2.24, 2.45) is 4.99 Å². The first kappa shape index (κ1) is 26.3. The quantitative estimate of drug-likeness (QED) is 0.222. The lowest BCUT2D eigenvalue weighted by Gasteiger charge is -2.13. The van der Waals surface area contributed by atoms with E-state index in [4.69, 9.17) is 4.74 Å². The molecule has 0 radical (unpaired) electrons. The maximum absolute atomic E-state index is 12.5. The molecule has 2 N–H and O–H groups in total. The van der Waals surface area contributed by atoms with Crippen LogP contribution in [0.5, 0.6) is 5.75 Å². The Hall–Kier alpha value is -1.77. The number of aliphatic imine (C=N–C) groups is 1. The van der Waals surface area contributed by atoms with Crippen LogP contribution >= 0.6 is 35.3 Å². The minimum atomic E-state index is -4.46. The van der Waals surface area contributed by atoms with E-state index in [1.54, 1.807) is 12.1 Å². The number of rotatable bonds is 7. The molecule has 0 aliphatic heterocycles. The average Bonchev–Trinajstić information content (AvgIpc) is 3.12. The van der Waals surface area contributed by atoms with Crippen LogP contribution in [0.2, 0.25) is 0 Å². The summed E-state index contributed by atoms with van der Waals surface area (Å²) in [6, 6.07) is 6.17. The van der Waals surface area contributed by atoms with E-state index in [2.05, 4.69) is 20.6 Å². The molecule has 2 aromatic rings. The zero-order chi connectivity index (χ0) is 21.5. The van der Waals surface area contributed by atoms with Crippen molar-refractivity contribution >= 4 is 41.3 Å². The van der Waals surface area contributed by atoms with Crippen LogP contribution in [0.15, 0.2) is 34.6 Å². The second-order valence-electron chi connectivity index (χ2n) is 5.78. The minimum absolute atomic E-state index is 0. The molecule has 168 valence electrons. The van der Waals surface area contributed by atoms with Gasteiger partial charge in [-0.15, -0.1) is 35.3 Å². The van der Waals surface area contributed by atoms with Gasteiger partial charge in [-0.25, -0.2) is 4.98 Å². The fourth-order valence-electron chi connectivity index (χ4n) is 2.16. The van der Waals surface area contributed by atoms with Crippen LogP contribution in [0.25, 0.3) is 0 Å². The van der Waals surface area contributed by atoms with Crippen molar-refractivity contribution in [3.8, 4) is 5.75 Å². The second kappa shape index (κ2) is 11.6. The van der Waals surface area contributed by atoms with Gasteiger partial charge in [0.25, 0.3) is 0 Å². The van der Waals surface area contributed by atoms with E-state index in [0.29, 0.717) is 23.1 Å². The third-order valence-electron chi connectivity index (χ3n) is 3.46. The number of alkyl halides is 6. The number of thiazole rings is 1. The SMILES string of the molecule is CN=C(NCCc1nc(C(F)(F)F)cs1)NCc1cccc(OCC(F)(F)F)c1.I. The summed E-state index contributed by atoms with van der Waals surface area (Å²) in [4.78, 5) is 7.53. The molecular weight excluding hydrogens is 549 g/mol. The van der Waals surface area contributed by atoms with Gasteiger partial charge in [-0.2, -0.15) is 26.3 Å². The Labute approximate surface area is 190 Å². The first-order valence-electron chi connectivity index (χ1n) is 8.31. The molecule has 0 bridgehead atoms. The predicted molar refractivity (Wildman–Crippen MR) is 112 cm³/mol. The number of guanidine groups is 1. The first-order chi connectivity index (χ1) is 13.6. The van der Waals surface area contributed by atoms with Crippen molar-refractivity contribution in [2.45, 2.75) is 25.3 Å². The largest absolute Gasteiger partial charge is 0.484 e. The molecule has 0 unspecified atom stereocenters. The fourth-order valence-corrected chi connectivity index (χ4v) is 2.97. The van der Waals surface area contributed by atoms with Crippen LogP contribution in [0.3, 0.4) is 0 Å². The third-order valence-corrected chi connectivity index (χ3v) is 4.37. The molecule has 5 nitrogen and oxygen atoms in total. The van der Waals surface area contributed by atoms with Gasteiger partial charge in [-0.1, -0.05) is 12.1 Å². The highest BCUT2D eigenvalue weighted by molar-refractivity contribution is 14.0. The van der Waals surface area contributed by atoms with E-state index < -0.39 is 24.7 Å². The highest BCUT2D eigenvalue weighted by Gasteiger charge is 2.33. The lowest BCUT2D eigenvalue weighted by atomic mass is 10.2. The van der Waals surface area contributed by atoms with Crippen molar-refractivity contribution in [1.82, 2.24) is 15.6 Å². The molecule has 2 rings (SSSR count). The smallest absolute Gasteiger partial charge is 0.434 e. The number of hydrogen-bond donors (Lipinski definition) is 2. The molecule has 1 aromatic heterocycles. The van der Waals surface area contributed by atoms with E-state index in [1.165, 1.54) is 19.2 Å². The topological polar surface area (TPSA) is 58.5 Å². The number of benzene rings is 1. The maximum Gasteiger partial charge on any atom is 0.434 e. The standard InChI is InChI=1S/C17H18F6N4OS.HI/c1-24-15(25-6-5-14-27-13(9-29-14)17(21,22)23)26-8-11-3-2-4-12(7-11)28-10-16(18,19)20;/h2-4,7,9H,5-6,8,10H2,1H3,(H2,24,25,26);1H.